The third-order valence-electron chi connectivity index (χ3n) is 4.65. The number of nitrogens with zero attached hydrogens (tertiary/aromatic N) is 1. The van der Waals surface area contributed by atoms with Gasteiger partial charge in [-0.1, -0.05) is 26.0 Å². The first-order valence-corrected chi connectivity index (χ1v) is 8.66. The molecule has 1 aromatic carbocycles. The highest BCUT2D eigenvalue weighted by molar-refractivity contribution is 6.17. The van der Waals surface area contributed by atoms with E-state index in [1.807, 2.05) is 32.0 Å². The molecule has 1 aliphatic rings. The molecule has 26 heavy (non-hydrogen) atoms. The third kappa shape index (κ3) is 2.83. The van der Waals surface area contributed by atoms with Gasteiger partial charge in [-0.25, -0.2) is 0 Å². The topological polar surface area (TPSA) is 70.8 Å². The highest BCUT2D eigenvalue weighted by atomic mass is 16.3. The van der Waals surface area contributed by atoms with Crippen LogP contribution in [0.3, 0.4) is 0 Å². The zero-order valence-electron chi connectivity index (χ0n) is 15.7. The van der Waals surface area contributed by atoms with Crippen molar-refractivity contribution in [2.24, 2.45) is 5.92 Å². The zero-order chi connectivity index (χ0) is 19.2. The SMILES string of the molecule is Cc1ccc(C)c(N2C(=O)C(O)=C(C(=O)C(C)C)C2c2ccc(C)o2)c1. The maximum absolute atomic E-state index is 12.9. The normalized spacial score (nSPS) is 17.5. The molecule has 0 saturated heterocycles. The number of aliphatic hydroxyl groups excluding tert-OH is 1. The van der Waals surface area contributed by atoms with Gasteiger partial charge in [0.2, 0.25) is 0 Å². The Bertz CT molecular complexity index is 920. The Hall–Kier alpha value is -2.82. The van der Waals surface area contributed by atoms with E-state index in [0.29, 0.717) is 17.2 Å². The van der Waals surface area contributed by atoms with E-state index in [1.165, 1.54) is 4.90 Å². The quantitative estimate of drug-likeness (QED) is 0.888. The van der Waals surface area contributed by atoms with E-state index >= 15 is 0 Å². The van der Waals surface area contributed by atoms with Crippen LogP contribution < -0.4 is 4.90 Å². The van der Waals surface area contributed by atoms with E-state index in [1.54, 1.807) is 32.9 Å². The number of anilines is 1. The summed E-state index contributed by atoms with van der Waals surface area (Å²) in [6.45, 7) is 9.13. The first kappa shape index (κ1) is 18.0. The minimum Gasteiger partial charge on any atom is -0.503 e. The fraction of sp³-hybridized carbons (Fsp3) is 0.333. The Morgan fingerprint density at radius 1 is 1.15 bits per heavy atom. The van der Waals surface area contributed by atoms with Gasteiger partial charge in [0, 0.05) is 11.6 Å². The summed E-state index contributed by atoms with van der Waals surface area (Å²) in [5.41, 5.74) is 2.62. The summed E-state index contributed by atoms with van der Waals surface area (Å²) in [6, 6.07) is 8.52. The summed E-state index contributed by atoms with van der Waals surface area (Å²) in [5.74, 6) is -0.550. The van der Waals surface area contributed by atoms with Gasteiger partial charge in [0.25, 0.3) is 5.91 Å². The Balaban J connectivity index is 2.23. The van der Waals surface area contributed by atoms with E-state index in [2.05, 4.69) is 0 Å². The monoisotopic (exact) mass is 353 g/mol. The summed E-state index contributed by atoms with van der Waals surface area (Å²) in [7, 11) is 0. The number of aryl methyl sites for hydroxylation is 3. The second kappa shape index (κ2) is 6.48. The lowest BCUT2D eigenvalue weighted by molar-refractivity contribution is -0.119. The molecule has 0 radical (unpaired) electrons. The number of amides is 1. The predicted octanol–water partition coefficient (Wildman–Crippen LogP) is 4.33. The van der Waals surface area contributed by atoms with Gasteiger partial charge in [-0.3, -0.25) is 14.5 Å². The fourth-order valence-corrected chi connectivity index (χ4v) is 3.26. The number of ketones is 1. The number of hydrogen-bond donors (Lipinski definition) is 1. The van der Waals surface area contributed by atoms with Crippen LogP contribution in [0.25, 0.3) is 0 Å². The molecule has 0 fully saturated rings. The van der Waals surface area contributed by atoms with Gasteiger partial charge >= 0.3 is 0 Å². The molecule has 0 spiro atoms. The van der Waals surface area contributed by atoms with Gasteiger partial charge < -0.3 is 9.52 Å². The average Bonchev–Trinajstić information content (AvgIpc) is 3.11. The Labute approximate surface area is 152 Å². The lowest BCUT2D eigenvalue weighted by atomic mass is 9.94. The highest BCUT2D eigenvalue weighted by Gasteiger charge is 2.46. The van der Waals surface area contributed by atoms with Crippen LogP contribution >= 0.6 is 0 Å². The maximum atomic E-state index is 12.9. The van der Waals surface area contributed by atoms with Crippen LogP contribution in [0.1, 0.15) is 42.5 Å². The van der Waals surface area contributed by atoms with Gasteiger partial charge in [0.15, 0.2) is 11.5 Å². The fourth-order valence-electron chi connectivity index (χ4n) is 3.26. The summed E-state index contributed by atoms with van der Waals surface area (Å²) in [6.07, 6.45) is 0. The molecule has 1 N–H and O–H groups in total. The number of carbonyl (C=O) groups is 2. The van der Waals surface area contributed by atoms with Crippen molar-refractivity contribution in [2.45, 2.75) is 40.7 Å². The standard InChI is InChI=1S/C21H23NO4/c1-11(2)19(23)17-18(16-9-8-14(5)26-16)22(21(25)20(17)24)15-10-12(3)6-7-13(15)4/h6-11,18,24H,1-5H3. The van der Waals surface area contributed by atoms with Crippen molar-refractivity contribution >= 4 is 17.4 Å². The smallest absolute Gasteiger partial charge is 0.294 e. The third-order valence-corrected chi connectivity index (χ3v) is 4.65. The van der Waals surface area contributed by atoms with Gasteiger partial charge in [0.05, 0.1) is 5.57 Å². The molecule has 2 aromatic rings. The first-order valence-electron chi connectivity index (χ1n) is 8.66. The second-order valence-electron chi connectivity index (χ2n) is 7.10. The number of furan rings is 1. The molecule has 1 unspecified atom stereocenters. The van der Waals surface area contributed by atoms with E-state index in [4.69, 9.17) is 4.42 Å². The van der Waals surface area contributed by atoms with Gasteiger partial charge in [-0.15, -0.1) is 0 Å². The molecular weight excluding hydrogens is 330 g/mol. The Morgan fingerprint density at radius 3 is 2.42 bits per heavy atom. The molecule has 0 saturated carbocycles. The maximum Gasteiger partial charge on any atom is 0.294 e. The average molecular weight is 353 g/mol. The van der Waals surface area contributed by atoms with Crippen molar-refractivity contribution < 1.29 is 19.1 Å². The number of hydrogen-bond acceptors (Lipinski definition) is 4. The number of carbonyl (C=O) groups excluding carboxylic acids is 2. The van der Waals surface area contributed by atoms with Crippen molar-refractivity contribution in [1.29, 1.82) is 0 Å². The van der Waals surface area contributed by atoms with Crippen molar-refractivity contribution in [3.05, 3.63) is 64.3 Å². The number of Topliss-reactive ketones (excluding diaryl/α,β-unsaturated/α-hetero) is 1. The number of aliphatic hydroxyl groups is 1. The highest BCUT2D eigenvalue weighted by Crippen LogP contribution is 2.43. The lowest BCUT2D eigenvalue weighted by Gasteiger charge is -2.27. The van der Waals surface area contributed by atoms with Crippen LogP contribution in [0, 0.1) is 26.7 Å². The molecule has 5 heteroatoms. The molecular formula is C21H23NO4. The first-order chi connectivity index (χ1) is 12.2. The van der Waals surface area contributed by atoms with E-state index in [9.17, 15) is 14.7 Å². The molecule has 0 aliphatic carbocycles. The molecule has 5 nitrogen and oxygen atoms in total. The van der Waals surface area contributed by atoms with Gasteiger partial charge in [-0.2, -0.15) is 0 Å². The van der Waals surface area contributed by atoms with Crippen LogP contribution in [-0.2, 0) is 9.59 Å². The molecule has 136 valence electrons. The minimum atomic E-state index is -0.772. The summed E-state index contributed by atoms with van der Waals surface area (Å²) in [5, 5.41) is 10.5. The molecule has 3 rings (SSSR count). The lowest BCUT2D eigenvalue weighted by Crippen LogP contribution is -2.31. The van der Waals surface area contributed by atoms with Crippen LogP contribution in [-0.4, -0.2) is 16.8 Å². The van der Waals surface area contributed by atoms with Crippen molar-refractivity contribution in [2.75, 3.05) is 4.90 Å². The molecule has 1 amide bonds. The van der Waals surface area contributed by atoms with E-state index < -0.39 is 17.7 Å². The summed E-state index contributed by atoms with van der Waals surface area (Å²) < 4.78 is 5.75. The molecule has 2 heterocycles. The van der Waals surface area contributed by atoms with E-state index in [-0.39, 0.29) is 17.3 Å². The van der Waals surface area contributed by atoms with Crippen LogP contribution in [0.2, 0.25) is 0 Å². The number of rotatable bonds is 4. The van der Waals surface area contributed by atoms with E-state index in [0.717, 1.165) is 11.1 Å². The largest absolute Gasteiger partial charge is 0.503 e. The second-order valence-corrected chi connectivity index (χ2v) is 7.10. The molecule has 1 aliphatic heterocycles. The van der Waals surface area contributed by atoms with Crippen molar-refractivity contribution in [1.82, 2.24) is 0 Å². The predicted molar refractivity (Wildman–Crippen MR) is 99.1 cm³/mol. The Kier molecular flexibility index (Phi) is 4.48. The van der Waals surface area contributed by atoms with Gasteiger partial charge in [-0.05, 0) is 50.1 Å². The molecule has 1 atom stereocenters. The van der Waals surface area contributed by atoms with Crippen molar-refractivity contribution in [3.8, 4) is 0 Å². The summed E-state index contributed by atoms with van der Waals surface area (Å²) in [4.78, 5) is 27.2. The van der Waals surface area contributed by atoms with Gasteiger partial charge in [0.1, 0.15) is 17.6 Å². The minimum absolute atomic E-state index is 0.0975. The molecule has 0 bridgehead atoms. The van der Waals surface area contributed by atoms with Crippen LogP contribution in [0.4, 0.5) is 5.69 Å². The Morgan fingerprint density at radius 2 is 1.85 bits per heavy atom. The summed E-state index contributed by atoms with van der Waals surface area (Å²) >= 11 is 0. The van der Waals surface area contributed by atoms with Crippen molar-refractivity contribution in [3.63, 3.8) is 0 Å². The molecule has 1 aromatic heterocycles. The number of benzene rings is 1. The van der Waals surface area contributed by atoms with Crippen LogP contribution in [0.5, 0.6) is 0 Å². The zero-order valence-corrected chi connectivity index (χ0v) is 15.7. The van der Waals surface area contributed by atoms with Crippen LogP contribution in [0.15, 0.2) is 46.1 Å².